The van der Waals surface area contributed by atoms with Crippen molar-refractivity contribution in [3.63, 3.8) is 0 Å². The van der Waals surface area contributed by atoms with Crippen LogP contribution in [0.15, 0.2) is 72.8 Å². The zero-order chi connectivity index (χ0) is 23.5. The molecular weight excluding hydrogens is 408 g/mol. The lowest BCUT2D eigenvalue weighted by molar-refractivity contribution is 0.104. The highest BCUT2D eigenvalue weighted by molar-refractivity contribution is 6.07. The number of benzene rings is 3. The Balaban J connectivity index is 1.59. The van der Waals surface area contributed by atoms with E-state index in [0.29, 0.717) is 28.4 Å². The van der Waals surface area contributed by atoms with Gasteiger partial charge in [0.25, 0.3) is 0 Å². The van der Waals surface area contributed by atoms with Crippen LogP contribution in [0.5, 0.6) is 11.5 Å². The molecular formula is C29H34N2O2. The van der Waals surface area contributed by atoms with Crippen LogP contribution in [0.3, 0.4) is 0 Å². The molecule has 0 heterocycles. The van der Waals surface area contributed by atoms with E-state index in [4.69, 9.17) is 16.2 Å². The van der Waals surface area contributed by atoms with E-state index in [2.05, 4.69) is 19.1 Å². The van der Waals surface area contributed by atoms with Crippen LogP contribution in [-0.2, 0) is 6.42 Å². The van der Waals surface area contributed by atoms with Gasteiger partial charge in [-0.15, -0.1) is 0 Å². The lowest BCUT2D eigenvalue weighted by Gasteiger charge is -2.11. The molecule has 172 valence electrons. The predicted octanol–water partition coefficient (Wildman–Crippen LogP) is 7.44. The van der Waals surface area contributed by atoms with Crippen molar-refractivity contribution in [2.75, 3.05) is 11.5 Å². The number of nitrogen functional groups attached to an aromatic ring is 2. The van der Waals surface area contributed by atoms with Crippen LogP contribution in [0.25, 0.3) is 6.08 Å². The van der Waals surface area contributed by atoms with Gasteiger partial charge in [0, 0.05) is 16.8 Å². The Labute approximate surface area is 197 Å². The van der Waals surface area contributed by atoms with Crippen molar-refractivity contribution in [2.45, 2.75) is 51.9 Å². The van der Waals surface area contributed by atoms with Crippen molar-refractivity contribution >= 4 is 23.2 Å². The molecule has 33 heavy (non-hydrogen) atoms. The molecule has 4 nitrogen and oxygen atoms in total. The van der Waals surface area contributed by atoms with Crippen LogP contribution in [0, 0.1) is 0 Å². The van der Waals surface area contributed by atoms with Crippen LogP contribution >= 0.6 is 0 Å². The summed E-state index contributed by atoms with van der Waals surface area (Å²) >= 11 is 0. The van der Waals surface area contributed by atoms with Crippen molar-refractivity contribution in [2.24, 2.45) is 0 Å². The first kappa shape index (κ1) is 24.1. The molecule has 0 atom stereocenters. The minimum Gasteiger partial charge on any atom is -0.455 e. The molecule has 3 aromatic carbocycles. The number of aryl methyl sites for hydroxylation is 1. The number of hydrogen-bond acceptors (Lipinski definition) is 4. The molecule has 4 N–H and O–H groups in total. The first-order valence-electron chi connectivity index (χ1n) is 11.8. The number of nitrogens with two attached hydrogens (primary N) is 2. The third-order valence-electron chi connectivity index (χ3n) is 5.64. The van der Waals surface area contributed by atoms with Gasteiger partial charge >= 0.3 is 0 Å². The average Bonchev–Trinajstić information content (AvgIpc) is 2.82. The topological polar surface area (TPSA) is 78.3 Å². The number of rotatable bonds is 12. The van der Waals surface area contributed by atoms with Crippen molar-refractivity contribution in [1.82, 2.24) is 0 Å². The van der Waals surface area contributed by atoms with Gasteiger partial charge in [0.05, 0.1) is 5.69 Å². The first-order chi connectivity index (χ1) is 16.1. The van der Waals surface area contributed by atoms with Crippen LogP contribution in [0.2, 0.25) is 0 Å². The monoisotopic (exact) mass is 442 g/mol. The Morgan fingerprint density at radius 1 is 0.848 bits per heavy atom. The summed E-state index contributed by atoms with van der Waals surface area (Å²) in [6.45, 7) is 2.24. The van der Waals surface area contributed by atoms with Crippen molar-refractivity contribution < 1.29 is 9.53 Å². The van der Waals surface area contributed by atoms with E-state index in [0.717, 1.165) is 12.0 Å². The molecule has 0 aliphatic rings. The molecule has 0 aliphatic carbocycles. The summed E-state index contributed by atoms with van der Waals surface area (Å²) in [5, 5.41) is 0. The number of anilines is 2. The normalized spacial score (nSPS) is 11.1. The Morgan fingerprint density at radius 2 is 1.58 bits per heavy atom. The molecule has 3 aromatic rings. The first-order valence-corrected chi connectivity index (χ1v) is 11.8. The summed E-state index contributed by atoms with van der Waals surface area (Å²) in [7, 11) is 0. The van der Waals surface area contributed by atoms with Crippen LogP contribution < -0.4 is 16.2 Å². The molecule has 0 amide bonds. The standard InChI is InChI=1S/C29H34N2O2/c1-2-3-4-5-6-7-10-22-13-15-23(16-14-22)27(32)19-17-24-11-8-9-12-28(24)33-29-20-18-25(30)21-26(29)31/h8-9,11-21H,2-7,10,30-31H2,1H3. The van der Waals surface area contributed by atoms with E-state index >= 15 is 0 Å². The molecule has 0 unspecified atom stereocenters. The van der Waals surface area contributed by atoms with E-state index in [-0.39, 0.29) is 5.78 Å². The highest BCUT2D eigenvalue weighted by Gasteiger charge is 2.07. The molecule has 4 heteroatoms. The van der Waals surface area contributed by atoms with Gasteiger partial charge in [-0.2, -0.15) is 0 Å². The lowest BCUT2D eigenvalue weighted by atomic mass is 10.0. The molecule has 0 aromatic heterocycles. The van der Waals surface area contributed by atoms with Gasteiger partial charge in [-0.1, -0.05) is 81.5 Å². The van der Waals surface area contributed by atoms with Gasteiger partial charge in [-0.05, 0) is 54.8 Å². The van der Waals surface area contributed by atoms with E-state index in [1.54, 1.807) is 30.4 Å². The maximum absolute atomic E-state index is 12.7. The molecule has 0 fully saturated rings. The fraction of sp³-hybridized carbons (Fsp3) is 0.276. The third-order valence-corrected chi connectivity index (χ3v) is 5.64. The van der Waals surface area contributed by atoms with Gasteiger partial charge in [0.15, 0.2) is 5.78 Å². The molecule has 0 aliphatic heterocycles. The summed E-state index contributed by atoms with van der Waals surface area (Å²) in [6, 6.07) is 20.6. The third kappa shape index (κ3) is 7.53. The van der Waals surface area contributed by atoms with E-state index < -0.39 is 0 Å². The van der Waals surface area contributed by atoms with E-state index in [1.807, 2.05) is 36.4 Å². The second-order valence-corrected chi connectivity index (χ2v) is 8.35. The summed E-state index contributed by atoms with van der Waals surface area (Å²) in [4.78, 5) is 12.7. The Hall–Kier alpha value is -3.53. The van der Waals surface area contributed by atoms with Crippen LogP contribution in [-0.4, -0.2) is 5.78 Å². The Bertz CT molecular complexity index is 1070. The Morgan fingerprint density at radius 3 is 2.33 bits per heavy atom. The van der Waals surface area contributed by atoms with Crippen molar-refractivity contribution in [3.05, 3.63) is 89.5 Å². The summed E-state index contributed by atoms with van der Waals surface area (Å²) in [5.41, 5.74) is 15.6. The van der Waals surface area contributed by atoms with Gasteiger partial charge < -0.3 is 16.2 Å². The quantitative estimate of drug-likeness (QED) is 0.132. The number of unbranched alkanes of at least 4 members (excludes halogenated alkanes) is 5. The van der Waals surface area contributed by atoms with Crippen LogP contribution in [0.4, 0.5) is 11.4 Å². The highest BCUT2D eigenvalue weighted by atomic mass is 16.5. The number of carbonyl (C=O) groups is 1. The van der Waals surface area contributed by atoms with E-state index in [9.17, 15) is 4.79 Å². The van der Waals surface area contributed by atoms with Gasteiger partial charge in [0.2, 0.25) is 0 Å². The smallest absolute Gasteiger partial charge is 0.185 e. The zero-order valence-electron chi connectivity index (χ0n) is 19.4. The number of ether oxygens (including phenoxy) is 1. The lowest BCUT2D eigenvalue weighted by Crippen LogP contribution is -1.96. The largest absolute Gasteiger partial charge is 0.455 e. The highest BCUT2D eigenvalue weighted by Crippen LogP contribution is 2.31. The maximum atomic E-state index is 12.7. The minimum absolute atomic E-state index is 0.0390. The molecule has 3 rings (SSSR count). The fourth-order valence-electron chi connectivity index (χ4n) is 3.70. The number of para-hydroxylation sites is 1. The zero-order valence-corrected chi connectivity index (χ0v) is 19.4. The summed E-state index contributed by atoms with van der Waals surface area (Å²) < 4.78 is 5.97. The maximum Gasteiger partial charge on any atom is 0.185 e. The second kappa shape index (κ2) is 12.5. The minimum atomic E-state index is -0.0390. The van der Waals surface area contributed by atoms with Crippen LogP contribution in [0.1, 0.15) is 66.9 Å². The SMILES string of the molecule is CCCCCCCCc1ccc(C(=O)C=Cc2ccccc2Oc2ccc(N)cc2N)cc1. The predicted molar refractivity (Wildman–Crippen MR) is 139 cm³/mol. The Kier molecular flexibility index (Phi) is 9.13. The van der Waals surface area contributed by atoms with Gasteiger partial charge in [-0.3, -0.25) is 4.79 Å². The number of hydrogen-bond donors (Lipinski definition) is 2. The second-order valence-electron chi connectivity index (χ2n) is 8.35. The fourth-order valence-corrected chi connectivity index (χ4v) is 3.70. The molecule has 0 saturated carbocycles. The summed E-state index contributed by atoms with van der Waals surface area (Å²) in [6.07, 6.45) is 12.1. The molecule has 0 radical (unpaired) electrons. The number of carbonyl (C=O) groups excluding carboxylic acids is 1. The van der Waals surface area contributed by atoms with Gasteiger partial charge in [0.1, 0.15) is 11.5 Å². The number of allylic oxidation sites excluding steroid dienone is 1. The summed E-state index contributed by atoms with van der Waals surface area (Å²) in [5.74, 6) is 1.10. The molecule has 0 spiro atoms. The average molecular weight is 443 g/mol. The van der Waals surface area contributed by atoms with Gasteiger partial charge in [-0.25, -0.2) is 0 Å². The molecule has 0 bridgehead atoms. The van der Waals surface area contributed by atoms with E-state index in [1.165, 1.54) is 44.1 Å². The van der Waals surface area contributed by atoms with Crippen molar-refractivity contribution in [3.8, 4) is 11.5 Å². The van der Waals surface area contributed by atoms with Crippen molar-refractivity contribution in [1.29, 1.82) is 0 Å². The molecule has 0 saturated heterocycles. The number of ketones is 1.